The number of aryl methyl sites for hydroxylation is 1. The van der Waals surface area contributed by atoms with E-state index in [0.29, 0.717) is 32.9 Å². The van der Waals surface area contributed by atoms with Gasteiger partial charge in [0, 0.05) is 6.54 Å². The largest absolute Gasteiger partial charge is 0.298 e. The first-order valence-corrected chi connectivity index (χ1v) is 8.91. The van der Waals surface area contributed by atoms with Crippen LogP contribution in [0, 0.1) is 11.7 Å². The molecule has 0 spiro atoms. The molecular weight excluding hydrogens is 378 g/mol. The van der Waals surface area contributed by atoms with Crippen molar-refractivity contribution in [3.05, 3.63) is 58.0 Å². The second kappa shape index (κ2) is 7.30. The minimum Gasteiger partial charge on any atom is -0.298 e. The van der Waals surface area contributed by atoms with Gasteiger partial charge in [-0.15, -0.1) is 6.58 Å². The van der Waals surface area contributed by atoms with E-state index in [1.165, 1.54) is 11.3 Å². The van der Waals surface area contributed by atoms with Crippen LogP contribution < -0.4 is 5.32 Å². The molecule has 0 aliphatic rings. The Balaban J connectivity index is 1.91. The van der Waals surface area contributed by atoms with Crippen LogP contribution in [0.25, 0.3) is 10.7 Å². The Morgan fingerprint density at radius 1 is 1.52 bits per heavy atom. The predicted molar refractivity (Wildman–Crippen MR) is 103 cm³/mol. The van der Waals surface area contributed by atoms with E-state index in [1.54, 1.807) is 30.3 Å². The third-order valence-corrected chi connectivity index (χ3v) is 5.12. The molecule has 128 valence electrons. The number of nitrogens with one attached hydrogen (secondary N) is 2. The van der Waals surface area contributed by atoms with E-state index in [2.05, 4.69) is 27.1 Å². The van der Waals surface area contributed by atoms with Gasteiger partial charge in [0.15, 0.2) is 15.7 Å². The molecule has 0 saturated carbocycles. The third kappa shape index (κ3) is 3.55. The van der Waals surface area contributed by atoms with Gasteiger partial charge in [-0.05, 0) is 31.3 Å². The molecule has 0 aliphatic heterocycles. The zero-order valence-corrected chi connectivity index (χ0v) is 15.6. The Labute approximate surface area is 158 Å². The molecule has 2 aromatic heterocycles. The number of H-pyrrole nitrogens is 1. The molecule has 25 heavy (non-hydrogen) atoms. The number of amides is 1. The monoisotopic (exact) mass is 391 g/mol. The van der Waals surface area contributed by atoms with E-state index in [-0.39, 0.29) is 5.91 Å². The maximum atomic E-state index is 12.4. The summed E-state index contributed by atoms with van der Waals surface area (Å²) in [6, 6.07) is 6.86. The van der Waals surface area contributed by atoms with Crippen LogP contribution in [0.5, 0.6) is 0 Å². The van der Waals surface area contributed by atoms with Crippen molar-refractivity contribution in [1.82, 2.24) is 19.7 Å². The van der Waals surface area contributed by atoms with Gasteiger partial charge in [-0.1, -0.05) is 41.1 Å². The Hall–Kier alpha value is -2.29. The van der Waals surface area contributed by atoms with Crippen LogP contribution in [0.4, 0.5) is 5.13 Å². The first-order chi connectivity index (χ1) is 12.0. The van der Waals surface area contributed by atoms with Crippen molar-refractivity contribution >= 4 is 46.2 Å². The highest BCUT2D eigenvalue weighted by molar-refractivity contribution is 7.71. The number of aromatic amines is 1. The van der Waals surface area contributed by atoms with Gasteiger partial charge in [0.05, 0.1) is 21.2 Å². The van der Waals surface area contributed by atoms with Crippen LogP contribution in [0.15, 0.2) is 36.9 Å². The molecule has 6 nitrogen and oxygen atoms in total. The summed E-state index contributed by atoms with van der Waals surface area (Å²) in [4.78, 5) is 17.6. The summed E-state index contributed by atoms with van der Waals surface area (Å²) in [6.45, 7) is 6.11. The molecule has 0 radical (unpaired) electrons. The van der Waals surface area contributed by atoms with Crippen molar-refractivity contribution in [3.8, 4) is 10.7 Å². The maximum absolute atomic E-state index is 12.4. The lowest BCUT2D eigenvalue weighted by atomic mass is 10.2. The Morgan fingerprint density at radius 2 is 2.28 bits per heavy atom. The van der Waals surface area contributed by atoms with E-state index < -0.39 is 0 Å². The first-order valence-electron chi connectivity index (χ1n) is 7.31. The fourth-order valence-electron chi connectivity index (χ4n) is 2.26. The van der Waals surface area contributed by atoms with Crippen molar-refractivity contribution < 1.29 is 4.79 Å². The van der Waals surface area contributed by atoms with Crippen LogP contribution in [0.2, 0.25) is 5.02 Å². The van der Waals surface area contributed by atoms with Crippen LogP contribution in [0.3, 0.4) is 0 Å². The SMILES string of the molecule is C=CCn1c(-c2sc(NC(=O)c3ccccc3Cl)nc2C)n[nH]c1=S. The number of thiazole rings is 1. The zero-order valence-electron chi connectivity index (χ0n) is 13.2. The summed E-state index contributed by atoms with van der Waals surface area (Å²) in [5.41, 5.74) is 1.15. The quantitative estimate of drug-likeness (QED) is 0.497. The number of hydrogen-bond acceptors (Lipinski definition) is 5. The van der Waals surface area contributed by atoms with Crippen molar-refractivity contribution in [1.29, 1.82) is 0 Å². The number of hydrogen-bond donors (Lipinski definition) is 2. The zero-order chi connectivity index (χ0) is 18.0. The maximum Gasteiger partial charge on any atom is 0.258 e. The fourth-order valence-corrected chi connectivity index (χ4v) is 3.64. The van der Waals surface area contributed by atoms with E-state index >= 15 is 0 Å². The summed E-state index contributed by atoms with van der Waals surface area (Å²) in [7, 11) is 0. The minimum atomic E-state index is -0.309. The summed E-state index contributed by atoms with van der Waals surface area (Å²) in [5.74, 6) is 0.356. The predicted octanol–water partition coefficient (Wildman–Crippen LogP) is 4.46. The van der Waals surface area contributed by atoms with Crippen LogP contribution in [-0.2, 0) is 6.54 Å². The number of halogens is 1. The Morgan fingerprint density at radius 3 is 3.00 bits per heavy atom. The average Bonchev–Trinajstić information content (AvgIpc) is 3.11. The fraction of sp³-hybridized carbons (Fsp3) is 0.125. The lowest BCUT2D eigenvalue weighted by Gasteiger charge is -2.03. The molecule has 0 bridgehead atoms. The number of allylic oxidation sites excluding steroid dienone is 1. The van der Waals surface area contributed by atoms with Gasteiger partial charge in [0.25, 0.3) is 5.91 Å². The normalized spacial score (nSPS) is 10.6. The molecular formula is C16H14ClN5OS2. The van der Waals surface area contributed by atoms with E-state index in [1.807, 2.05) is 11.5 Å². The van der Waals surface area contributed by atoms with Crippen molar-refractivity contribution in [2.45, 2.75) is 13.5 Å². The van der Waals surface area contributed by atoms with E-state index in [9.17, 15) is 4.79 Å². The standard InChI is InChI=1S/C16H14ClN5OS2/c1-3-8-22-13(20-21-16(22)24)12-9(2)18-15(25-12)19-14(23)10-6-4-5-7-11(10)17/h3-7H,1,8H2,2H3,(H,21,24)(H,18,19,23). The number of nitrogens with zero attached hydrogens (tertiary/aromatic N) is 3. The average molecular weight is 392 g/mol. The number of benzene rings is 1. The molecule has 2 N–H and O–H groups in total. The number of rotatable bonds is 5. The van der Waals surface area contributed by atoms with Gasteiger partial charge in [0.1, 0.15) is 0 Å². The molecule has 1 amide bonds. The van der Waals surface area contributed by atoms with Gasteiger partial charge < -0.3 is 0 Å². The van der Waals surface area contributed by atoms with E-state index in [4.69, 9.17) is 23.8 Å². The van der Waals surface area contributed by atoms with Crippen molar-refractivity contribution in [2.75, 3.05) is 5.32 Å². The summed E-state index contributed by atoms with van der Waals surface area (Å²) in [6.07, 6.45) is 1.74. The highest BCUT2D eigenvalue weighted by Crippen LogP contribution is 2.32. The van der Waals surface area contributed by atoms with Crippen molar-refractivity contribution in [3.63, 3.8) is 0 Å². The molecule has 1 aromatic carbocycles. The van der Waals surface area contributed by atoms with Crippen LogP contribution >= 0.6 is 35.2 Å². The van der Waals surface area contributed by atoms with Gasteiger partial charge in [0.2, 0.25) is 0 Å². The molecule has 0 aliphatic carbocycles. The molecule has 3 rings (SSSR count). The summed E-state index contributed by atoms with van der Waals surface area (Å²) in [5, 5.41) is 10.7. The highest BCUT2D eigenvalue weighted by Gasteiger charge is 2.18. The lowest BCUT2D eigenvalue weighted by molar-refractivity contribution is 0.102. The van der Waals surface area contributed by atoms with Crippen molar-refractivity contribution in [2.24, 2.45) is 0 Å². The molecule has 0 saturated heterocycles. The molecule has 2 heterocycles. The van der Waals surface area contributed by atoms with Crippen LogP contribution in [-0.4, -0.2) is 25.7 Å². The number of anilines is 1. The Kier molecular flexibility index (Phi) is 5.12. The Bertz CT molecular complexity index is 1000. The number of carbonyl (C=O) groups excluding carboxylic acids is 1. The lowest BCUT2D eigenvalue weighted by Crippen LogP contribution is -2.12. The van der Waals surface area contributed by atoms with Gasteiger partial charge in [-0.25, -0.2) is 4.98 Å². The number of carbonyl (C=O) groups is 1. The van der Waals surface area contributed by atoms with Gasteiger partial charge in [-0.3, -0.25) is 19.8 Å². The summed E-state index contributed by atoms with van der Waals surface area (Å²) < 4.78 is 2.33. The molecule has 0 unspecified atom stereocenters. The molecule has 9 heteroatoms. The van der Waals surface area contributed by atoms with Gasteiger partial charge >= 0.3 is 0 Å². The third-order valence-electron chi connectivity index (χ3n) is 3.41. The van der Waals surface area contributed by atoms with E-state index in [0.717, 1.165) is 10.6 Å². The molecule has 3 aromatic rings. The highest BCUT2D eigenvalue weighted by atomic mass is 35.5. The minimum absolute atomic E-state index is 0.309. The second-order valence-electron chi connectivity index (χ2n) is 5.12. The first kappa shape index (κ1) is 17.5. The molecule has 0 fully saturated rings. The smallest absolute Gasteiger partial charge is 0.258 e. The molecule has 0 atom stereocenters. The van der Waals surface area contributed by atoms with Crippen LogP contribution in [0.1, 0.15) is 16.1 Å². The second-order valence-corrected chi connectivity index (χ2v) is 6.91. The number of aromatic nitrogens is 4. The van der Waals surface area contributed by atoms with Gasteiger partial charge in [-0.2, -0.15) is 5.10 Å². The topological polar surface area (TPSA) is 75.6 Å². The summed E-state index contributed by atoms with van der Waals surface area (Å²) >= 11 is 12.6.